The van der Waals surface area contributed by atoms with Crippen molar-refractivity contribution < 1.29 is 4.79 Å². The van der Waals surface area contributed by atoms with Gasteiger partial charge in [-0.15, -0.1) is 11.3 Å². The lowest BCUT2D eigenvalue weighted by Gasteiger charge is -2.24. The molecule has 0 aromatic carbocycles. The Hall–Kier alpha value is -0.870. The summed E-state index contributed by atoms with van der Waals surface area (Å²) >= 11 is 1.69. The van der Waals surface area contributed by atoms with E-state index in [1.54, 1.807) is 11.3 Å². The third-order valence-corrected chi connectivity index (χ3v) is 3.57. The summed E-state index contributed by atoms with van der Waals surface area (Å²) in [5.74, 6) is 0.444. The van der Waals surface area contributed by atoms with Crippen LogP contribution in [0.25, 0.3) is 0 Å². The summed E-state index contributed by atoms with van der Waals surface area (Å²) in [5.41, 5.74) is -0.0341. The Bertz CT molecular complexity index is 366. The summed E-state index contributed by atoms with van der Waals surface area (Å²) < 4.78 is 0. The van der Waals surface area contributed by atoms with Crippen LogP contribution in [0, 0.1) is 5.92 Å². The van der Waals surface area contributed by atoms with E-state index in [1.807, 2.05) is 11.4 Å². The van der Waals surface area contributed by atoms with Crippen LogP contribution in [-0.4, -0.2) is 18.0 Å². The standard InChI is InChI=1S/C14H24N2OS/c1-10(2)13(11-7-6-8-18-11)16-12(17)9-15-14(3,4)5/h6-8,10,13,15H,9H2,1-5H3,(H,16,17). The van der Waals surface area contributed by atoms with Crippen molar-refractivity contribution in [2.75, 3.05) is 6.54 Å². The van der Waals surface area contributed by atoms with E-state index in [9.17, 15) is 4.79 Å². The maximum atomic E-state index is 11.9. The second kappa shape index (κ2) is 6.34. The van der Waals surface area contributed by atoms with Crippen LogP contribution < -0.4 is 10.6 Å². The molecule has 0 aliphatic carbocycles. The van der Waals surface area contributed by atoms with Gasteiger partial charge in [-0.2, -0.15) is 0 Å². The van der Waals surface area contributed by atoms with Crippen LogP contribution in [0.4, 0.5) is 0 Å². The molecule has 0 spiro atoms. The quantitative estimate of drug-likeness (QED) is 0.862. The molecule has 102 valence electrons. The molecule has 0 bridgehead atoms. The van der Waals surface area contributed by atoms with Crippen molar-refractivity contribution in [1.29, 1.82) is 0 Å². The van der Waals surface area contributed by atoms with Crippen molar-refractivity contribution in [3.05, 3.63) is 22.4 Å². The molecular formula is C14H24N2OS. The van der Waals surface area contributed by atoms with Crippen molar-refractivity contribution >= 4 is 17.2 Å². The molecule has 1 rings (SSSR count). The molecule has 0 radical (unpaired) electrons. The van der Waals surface area contributed by atoms with Crippen molar-refractivity contribution in [2.24, 2.45) is 5.92 Å². The number of hydrogen-bond acceptors (Lipinski definition) is 3. The van der Waals surface area contributed by atoms with Crippen molar-refractivity contribution in [1.82, 2.24) is 10.6 Å². The topological polar surface area (TPSA) is 41.1 Å². The predicted octanol–water partition coefficient (Wildman–Crippen LogP) is 2.95. The number of hydrogen-bond donors (Lipinski definition) is 2. The van der Waals surface area contributed by atoms with E-state index in [2.05, 4.69) is 51.3 Å². The molecule has 1 unspecified atom stereocenters. The number of nitrogens with one attached hydrogen (secondary N) is 2. The van der Waals surface area contributed by atoms with Gasteiger partial charge in [-0.1, -0.05) is 19.9 Å². The first-order chi connectivity index (χ1) is 8.29. The van der Waals surface area contributed by atoms with Gasteiger partial charge >= 0.3 is 0 Å². The average molecular weight is 268 g/mol. The zero-order valence-electron chi connectivity index (χ0n) is 11.9. The first kappa shape index (κ1) is 15.2. The van der Waals surface area contributed by atoms with Crippen molar-refractivity contribution in [3.63, 3.8) is 0 Å². The lowest BCUT2D eigenvalue weighted by atomic mass is 10.0. The number of carbonyl (C=O) groups excluding carboxylic acids is 1. The Morgan fingerprint density at radius 2 is 2.06 bits per heavy atom. The van der Waals surface area contributed by atoms with Gasteiger partial charge in [0.05, 0.1) is 12.6 Å². The van der Waals surface area contributed by atoms with Gasteiger partial charge in [-0.25, -0.2) is 0 Å². The zero-order chi connectivity index (χ0) is 13.8. The van der Waals surface area contributed by atoms with Gasteiger partial charge in [0.1, 0.15) is 0 Å². The predicted molar refractivity (Wildman–Crippen MR) is 77.8 cm³/mol. The molecule has 1 atom stereocenters. The van der Waals surface area contributed by atoms with Gasteiger partial charge in [-0.05, 0) is 38.1 Å². The molecule has 1 heterocycles. The summed E-state index contributed by atoms with van der Waals surface area (Å²) in [4.78, 5) is 13.1. The van der Waals surface area contributed by atoms with E-state index in [0.29, 0.717) is 12.5 Å². The molecule has 1 aromatic heterocycles. The Kier molecular flexibility index (Phi) is 5.35. The van der Waals surface area contributed by atoms with E-state index in [1.165, 1.54) is 4.88 Å². The number of thiophene rings is 1. The molecule has 1 amide bonds. The van der Waals surface area contributed by atoms with Gasteiger partial charge in [0.15, 0.2) is 0 Å². The van der Waals surface area contributed by atoms with Crippen LogP contribution in [0.2, 0.25) is 0 Å². The molecule has 1 aromatic rings. The van der Waals surface area contributed by atoms with Crippen LogP contribution in [0.3, 0.4) is 0 Å². The molecule has 0 aliphatic rings. The Labute approximate surface area is 114 Å². The van der Waals surface area contributed by atoms with Crippen LogP contribution in [0.15, 0.2) is 17.5 Å². The van der Waals surface area contributed by atoms with Crippen LogP contribution in [0.5, 0.6) is 0 Å². The van der Waals surface area contributed by atoms with Crippen LogP contribution >= 0.6 is 11.3 Å². The maximum Gasteiger partial charge on any atom is 0.234 e. The van der Waals surface area contributed by atoms with Gasteiger partial charge < -0.3 is 10.6 Å². The minimum atomic E-state index is -0.0341. The molecular weight excluding hydrogens is 244 g/mol. The summed E-state index contributed by atoms with van der Waals surface area (Å²) in [5, 5.41) is 8.35. The van der Waals surface area contributed by atoms with Gasteiger partial charge in [-0.3, -0.25) is 4.79 Å². The van der Waals surface area contributed by atoms with E-state index in [-0.39, 0.29) is 17.5 Å². The molecule has 0 saturated carbocycles. The average Bonchev–Trinajstić information content (AvgIpc) is 2.74. The molecule has 18 heavy (non-hydrogen) atoms. The molecule has 0 saturated heterocycles. The highest BCUT2D eigenvalue weighted by Crippen LogP contribution is 2.25. The fourth-order valence-electron chi connectivity index (χ4n) is 1.60. The first-order valence-electron chi connectivity index (χ1n) is 6.37. The molecule has 4 heteroatoms. The third-order valence-electron chi connectivity index (χ3n) is 2.61. The fourth-order valence-corrected chi connectivity index (χ4v) is 2.55. The third kappa shape index (κ3) is 5.19. The molecule has 2 N–H and O–H groups in total. The van der Waals surface area contributed by atoms with E-state index < -0.39 is 0 Å². The molecule has 3 nitrogen and oxygen atoms in total. The Morgan fingerprint density at radius 1 is 1.39 bits per heavy atom. The Morgan fingerprint density at radius 3 is 2.50 bits per heavy atom. The van der Waals surface area contributed by atoms with Crippen LogP contribution in [0.1, 0.15) is 45.5 Å². The Balaban J connectivity index is 2.55. The summed E-state index contributed by atoms with van der Waals surface area (Å²) in [7, 11) is 0. The second-order valence-corrected chi connectivity index (χ2v) is 6.89. The van der Waals surface area contributed by atoms with E-state index in [0.717, 1.165) is 0 Å². The van der Waals surface area contributed by atoms with Crippen molar-refractivity contribution in [2.45, 2.75) is 46.2 Å². The maximum absolute atomic E-state index is 11.9. The zero-order valence-corrected chi connectivity index (χ0v) is 12.7. The minimum absolute atomic E-state index is 0.0341. The van der Waals surface area contributed by atoms with Gasteiger partial charge in [0.25, 0.3) is 0 Å². The monoisotopic (exact) mass is 268 g/mol. The highest BCUT2D eigenvalue weighted by atomic mass is 32.1. The second-order valence-electron chi connectivity index (χ2n) is 5.91. The number of amides is 1. The van der Waals surface area contributed by atoms with E-state index in [4.69, 9.17) is 0 Å². The SMILES string of the molecule is CC(C)C(NC(=O)CNC(C)(C)C)c1cccs1. The molecule has 0 aliphatic heterocycles. The highest BCUT2D eigenvalue weighted by Gasteiger charge is 2.20. The van der Waals surface area contributed by atoms with Crippen LogP contribution in [-0.2, 0) is 4.79 Å². The fraction of sp³-hybridized carbons (Fsp3) is 0.643. The van der Waals surface area contributed by atoms with E-state index >= 15 is 0 Å². The largest absolute Gasteiger partial charge is 0.347 e. The normalized spacial score (nSPS) is 13.7. The number of rotatable bonds is 5. The first-order valence-corrected chi connectivity index (χ1v) is 7.25. The molecule has 0 fully saturated rings. The highest BCUT2D eigenvalue weighted by molar-refractivity contribution is 7.10. The van der Waals surface area contributed by atoms with Crippen molar-refractivity contribution in [3.8, 4) is 0 Å². The summed E-state index contributed by atoms with van der Waals surface area (Å²) in [6, 6.07) is 4.21. The lowest BCUT2D eigenvalue weighted by Crippen LogP contribution is -2.44. The minimum Gasteiger partial charge on any atom is -0.347 e. The number of carbonyl (C=O) groups is 1. The smallest absolute Gasteiger partial charge is 0.234 e. The van der Waals surface area contributed by atoms with Gasteiger partial charge in [0, 0.05) is 10.4 Å². The lowest BCUT2D eigenvalue weighted by molar-refractivity contribution is -0.121. The summed E-state index contributed by atoms with van der Waals surface area (Å²) in [6.07, 6.45) is 0. The summed E-state index contributed by atoms with van der Waals surface area (Å²) in [6.45, 7) is 10.8. The van der Waals surface area contributed by atoms with Gasteiger partial charge in [0.2, 0.25) is 5.91 Å².